The number of thiazole rings is 1. The van der Waals surface area contributed by atoms with Crippen LogP contribution in [-0.4, -0.2) is 19.3 Å². The molecule has 0 saturated heterocycles. The lowest BCUT2D eigenvalue weighted by atomic mass is 10.1. The topological polar surface area (TPSA) is 76.1 Å². The normalized spacial score (nSPS) is 11.4. The van der Waals surface area contributed by atoms with E-state index in [0.29, 0.717) is 16.1 Å². The van der Waals surface area contributed by atoms with Gasteiger partial charge in [0.2, 0.25) is 5.91 Å². The highest BCUT2D eigenvalue weighted by Gasteiger charge is 2.19. The number of sulfonamides is 1. The average Bonchev–Trinajstić information content (AvgIpc) is 3.04. The molecule has 1 N–H and O–H groups in total. The van der Waals surface area contributed by atoms with E-state index >= 15 is 0 Å². The van der Waals surface area contributed by atoms with E-state index in [4.69, 9.17) is 11.6 Å². The molecular formula is C18H14BrClN2O3S2. The van der Waals surface area contributed by atoms with Gasteiger partial charge in [-0.2, -0.15) is 0 Å². The largest absolute Gasteiger partial charge is 0.274 e. The molecule has 1 aromatic heterocycles. The minimum Gasteiger partial charge on any atom is -0.274 e. The van der Waals surface area contributed by atoms with Gasteiger partial charge in [-0.05, 0) is 36.8 Å². The van der Waals surface area contributed by atoms with Crippen molar-refractivity contribution in [2.75, 3.05) is 0 Å². The summed E-state index contributed by atoms with van der Waals surface area (Å²) < 4.78 is 28.0. The summed E-state index contributed by atoms with van der Waals surface area (Å²) in [5, 5.41) is 3.00. The molecule has 3 rings (SSSR count). The Kier molecular flexibility index (Phi) is 6.00. The second-order valence-electron chi connectivity index (χ2n) is 5.76. The first-order valence-corrected chi connectivity index (χ1v) is 11.3. The van der Waals surface area contributed by atoms with Crippen LogP contribution in [0.5, 0.6) is 0 Å². The number of hydrogen-bond donors (Lipinski definition) is 1. The lowest BCUT2D eigenvalue weighted by Crippen LogP contribution is -2.31. The third-order valence-corrected chi connectivity index (χ3v) is 6.85. The van der Waals surface area contributed by atoms with Crippen LogP contribution in [0.3, 0.4) is 0 Å². The monoisotopic (exact) mass is 484 g/mol. The second-order valence-corrected chi connectivity index (χ2v) is 9.63. The van der Waals surface area contributed by atoms with Gasteiger partial charge >= 0.3 is 0 Å². The SMILES string of the molecule is Cc1csc(-c2cccc(S(=O)(=O)NC(=O)Cc3ccc(Br)cc3Cl)c2)n1. The van der Waals surface area contributed by atoms with E-state index in [1.807, 2.05) is 12.3 Å². The van der Waals surface area contributed by atoms with Gasteiger partial charge in [0.1, 0.15) is 5.01 Å². The zero-order chi connectivity index (χ0) is 19.6. The van der Waals surface area contributed by atoms with E-state index in [1.165, 1.54) is 23.5 Å². The molecule has 3 aromatic rings. The summed E-state index contributed by atoms with van der Waals surface area (Å²) in [4.78, 5) is 16.6. The molecular weight excluding hydrogens is 472 g/mol. The summed E-state index contributed by atoms with van der Waals surface area (Å²) >= 11 is 10.8. The molecule has 1 heterocycles. The third kappa shape index (κ3) is 4.95. The molecule has 0 aliphatic rings. The summed E-state index contributed by atoms with van der Waals surface area (Å²) in [6, 6.07) is 11.4. The van der Waals surface area contributed by atoms with Crippen molar-refractivity contribution in [3.8, 4) is 10.6 Å². The molecule has 0 spiro atoms. The molecule has 0 radical (unpaired) electrons. The molecule has 0 aliphatic heterocycles. The Hall–Kier alpha value is -1.74. The van der Waals surface area contributed by atoms with Gasteiger partial charge < -0.3 is 0 Å². The lowest BCUT2D eigenvalue weighted by Gasteiger charge is -2.09. The fourth-order valence-corrected chi connectivity index (χ4v) is 4.93. The van der Waals surface area contributed by atoms with Crippen molar-refractivity contribution in [3.05, 3.63) is 68.6 Å². The minimum absolute atomic E-state index is 0.00288. The fourth-order valence-electron chi connectivity index (χ4n) is 2.37. The van der Waals surface area contributed by atoms with Crippen LogP contribution in [0.4, 0.5) is 0 Å². The van der Waals surface area contributed by atoms with Crippen LogP contribution in [0.1, 0.15) is 11.3 Å². The molecule has 140 valence electrons. The summed E-state index contributed by atoms with van der Waals surface area (Å²) in [6.07, 6.45) is -0.142. The van der Waals surface area contributed by atoms with Gasteiger partial charge in [-0.3, -0.25) is 4.79 Å². The molecule has 1 amide bonds. The van der Waals surface area contributed by atoms with Gasteiger partial charge in [0.05, 0.1) is 11.3 Å². The molecule has 0 aliphatic carbocycles. The average molecular weight is 486 g/mol. The van der Waals surface area contributed by atoms with Crippen LogP contribution in [0.25, 0.3) is 10.6 Å². The fraction of sp³-hybridized carbons (Fsp3) is 0.111. The van der Waals surface area contributed by atoms with E-state index in [9.17, 15) is 13.2 Å². The maximum absolute atomic E-state index is 12.6. The molecule has 27 heavy (non-hydrogen) atoms. The van der Waals surface area contributed by atoms with E-state index in [0.717, 1.165) is 15.2 Å². The van der Waals surface area contributed by atoms with Gasteiger partial charge in [-0.1, -0.05) is 45.7 Å². The highest BCUT2D eigenvalue weighted by molar-refractivity contribution is 9.10. The van der Waals surface area contributed by atoms with Crippen LogP contribution >= 0.6 is 38.9 Å². The van der Waals surface area contributed by atoms with Crippen molar-refractivity contribution in [2.24, 2.45) is 0 Å². The number of aryl methyl sites for hydroxylation is 1. The maximum Gasteiger partial charge on any atom is 0.264 e. The van der Waals surface area contributed by atoms with Gasteiger partial charge in [0.15, 0.2) is 0 Å². The molecule has 5 nitrogen and oxygen atoms in total. The molecule has 0 saturated carbocycles. The van der Waals surface area contributed by atoms with Gasteiger partial charge in [-0.15, -0.1) is 11.3 Å². The van der Waals surface area contributed by atoms with Crippen LogP contribution in [-0.2, 0) is 21.2 Å². The van der Waals surface area contributed by atoms with Gasteiger partial charge in [-0.25, -0.2) is 18.1 Å². The Morgan fingerprint density at radius 1 is 1.26 bits per heavy atom. The lowest BCUT2D eigenvalue weighted by molar-refractivity contribution is -0.118. The number of benzene rings is 2. The highest BCUT2D eigenvalue weighted by atomic mass is 79.9. The molecule has 2 aromatic carbocycles. The van der Waals surface area contributed by atoms with E-state index in [2.05, 4.69) is 25.6 Å². The summed E-state index contributed by atoms with van der Waals surface area (Å²) in [5.74, 6) is -0.658. The quantitative estimate of drug-likeness (QED) is 0.574. The predicted octanol–water partition coefficient (Wildman–Crippen LogP) is 4.58. The number of carbonyl (C=O) groups is 1. The summed E-state index contributed by atoms with van der Waals surface area (Å²) in [5.41, 5.74) is 2.09. The highest BCUT2D eigenvalue weighted by Crippen LogP contribution is 2.26. The summed E-state index contributed by atoms with van der Waals surface area (Å²) in [6.45, 7) is 1.87. The standard InChI is InChI=1S/C18H14BrClN2O3S2/c1-11-10-26-18(21-11)13-3-2-4-15(7-13)27(24,25)22-17(23)8-12-5-6-14(19)9-16(12)20/h2-7,9-10H,8H2,1H3,(H,22,23). The maximum atomic E-state index is 12.6. The smallest absolute Gasteiger partial charge is 0.264 e. The second kappa shape index (κ2) is 8.10. The van der Waals surface area contributed by atoms with E-state index in [-0.39, 0.29) is 11.3 Å². The van der Waals surface area contributed by atoms with Crippen LogP contribution in [0, 0.1) is 6.92 Å². The number of carbonyl (C=O) groups excluding carboxylic acids is 1. The third-order valence-electron chi connectivity index (χ3n) is 3.62. The zero-order valence-corrected chi connectivity index (χ0v) is 18.0. The van der Waals surface area contributed by atoms with E-state index in [1.54, 1.807) is 30.3 Å². The Morgan fingerprint density at radius 3 is 2.70 bits per heavy atom. The predicted molar refractivity (Wildman–Crippen MR) is 110 cm³/mol. The van der Waals surface area contributed by atoms with Crippen molar-refractivity contribution in [1.29, 1.82) is 0 Å². The Morgan fingerprint density at radius 2 is 2.04 bits per heavy atom. The van der Waals surface area contributed by atoms with Crippen molar-refractivity contribution in [1.82, 2.24) is 9.71 Å². The van der Waals surface area contributed by atoms with Crippen molar-refractivity contribution in [2.45, 2.75) is 18.2 Å². The van der Waals surface area contributed by atoms with Crippen molar-refractivity contribution >= 4 is 54.8 Å². The molecule has 0 fully saturated rings. The number of rotatable bonds is 5. The number of aromatic nitrogens is 1. The zero-order valence-electron chi connectivity index (χ0n) is 14.1. The Bertz CT molecular complexity index is 1110. The first kappa shape index (κ1) is 20.0. The number of nitrogens with zero attached hydrogens (tertiary/aromatic N) is 1. The number of nitrogens with one attached hydrogen (secondary N) is 1. The Labute approximate surface area is 174 Å². The first-order chi connectivity index (χ1) is 12.7. The first-order valence-electron chi connectivity index (χ1n) is 7.77. The molecule has 9 heteroatoms. The minimum atomic E-state index is -4.00. The summed E-state index contributed by atoms with van der Waals surface area (Å²) in [7, 11) is -4.00. The molecule has 0 atom stereocenters. The molecule has 0 bridgehead atoms. The van der Waals surface area contributed by atoms with Crippen molar-refractivity contribution in [3.63, 3.8) is 0 Å². The number of halogens is 2. The van der Waals surface area contributed by atoms with Gasteiger partial charge in [0.25, 0.3) is 10.0 Å². The Balaban J connectivity index is 1.79. The van der Waals surface area contributed by atoms with E-state index < -0.39 is 15.9 Å². The van der Waals surface area contributed by atoms with Crippen LogP contribution < -0.4 is 4.72 Å². The number of amides is 1. The van der Waals surface area contributed by atoms with Crippen LogP contribution in [0.15, 0.2) is 57.2 Å². The molecule has 0 unspecified atom stereocenters. The van der Waals surface area contributed by atoms with Gasteiger partial charge in [0, 0.05) is 26.1 Å². The number of hydrogen-bond acceptors (Lipinski definition) is 5. The van der Waals surface area contributed by atoms with Crippen LogP contribution in [0.2, 0.25) is 5.02 Å². The van der Waals surface area contributed by atoms with Crippen molar-refractivity contribution < 1.29 is 13.2 Å².